The molecule has 1 aromatic carbocycles. The molecule has 0 radical (unpaired) electrons. The van der Waals surface area contributed by atoms with Crippen molar-refractivity contribution in [2.24, 2.45) is 0 Å². The molecule has 0 aliphatic heterocycles. The van der Waals surface area contributed by atoms with E-state index in [2.05, 4.69) is 4.98 Å². The molecule has 0 amide bonds. The van der Waals surface area contributed by atoms with Crippen molar-refractivity contribution in [1.29, 1.82) is 0 Å². The average molecular weight is 277 g/mol. The molecule has 0 saturated carbocycles. The number of fused-ring (bicyclic) bond motifs is 1. The number of hydrogen-bond donors (Lipinski definition) is 2. The molecule has 0 fully saturated rings. The Balaban J connectivity index is 2.57. The zero-order chi connectivity index (χ0) is 15.1. The highest BCUT2D eigenvalue weighted by Gasteiger charge is 2.23. The summed E-state index contributed by atoms with van der Waals surface area (Å²) < 4.78 is 1.59. The van der Waals surface area contributed by atoms with Crippen LogP contribution in [-0.4, -0.2) is 45.2 Å². The predicted molar refractivity (Wildman–Crippen MR) is 77.3 cm³/mol. The molecule has 0 bridgehead atoms. The van der Waals surface area contributed by atoms with Crippen LogP contribution in [0.3, 0.4) is 0 Å². The summed E-state index contributed by atoms with van der Waals surface area (Å²) in [6.45, 7) is 4.53. The molecule has 1 heterocycles. The highest BCUT2D eigenvalue weighted by atomic mass is 16.4. The van der Waals surface area contributed by atoms with Gasteiger partial charge in [-0.1, -0.05) is 0 Å². The number of carboxylic acid groups (broad SMARTS) is 1. The molecule has 108 valence electrons. The molecule has 0 atom stereocenters. The Hall–Kier alpha value is -2.08. The summed E-state index contributed by atoms with van der Waals surface area (Å²) in [6, 6.07) is 4.64. The van der Waals surface area contributed by atoms with Gasteiger partial charge in [0.05, 0.1) is 16.6 Å². The number of carbonyl (C=O) groups is 1. The van der Waals surface area contributed by atoms with Crippen LogP contribution in [-0.2, 0) is 6.54 Å². The van der Waals surface area contributed by atoms with E-state index in [4.69, 9.17) is 5.11 Å². The zero-order valence-corrected chi connectivity index (χ0v) is 12.1. The summed E-state index contributed by atoms with van der Waals surface area (Å²) in [5, 5.41) is 9.06. The quantitative estimate of drug-likeness (QED) is 0.884. The third kappa shape index (κ3) is 2.46. The number of aromatic carboxylic acids is 1. The predicted octanol–water partition coefficient (Wildman–Crippen LogP) is 1.37. The average Bonchev–Trinajstić information content (AvgIpc) is 2.64. The summed E-state index contributed by atoms with van der Waals surface area (Å²) in [6.07, 6.45) is 0. The number of rotatable bonds is 4. The van der Waals surface area contributed by atoms with Crippen molar-refractivity contribution >= 4 is 17.0 Å². The highest BCUT2D eigenvalue weighted by Crippen LogP contribution is 2.18. The number of likely N-dealkylation sites (N-methyl/N-ethyl adjacent to an activating group) is 1. The van der Waals surface area contributed by atoms with E-state index in [-0.39, 0.29) is 16.8 Å². The second kappa shape index (κ2) is 4.79. The van der Waals surface area contributed by atoms with Crippen LogP contribution in [0.5, 0.6) is 0 Å². The lowest BCUT2D eigenvalue weighted by Crippen LogP contribution is -2.43. The standard InChI is InChI=1S/C14H19N3O3/c1-14(2,16(3)4)8-17-11-7-9(12(18)19)5-6-10(11)15-13(17)20/h5-7H,8H2,1-4H3,(H,15,20)(H,18,19). The largest absolute Gasteiger partial charge is 0.478 e. The number of aromatic nitrogens is 2. The molecular formula is C14H19N3O3. The van der Waals surface area contributed by atoms with E-state index >= 15 is 0 Å². The Kier molecular flexibility index (Phi) is 3.43. The molecule has 0 spiro atoms. The van der Waals surface area contributed by atoms with Crippen LogP contribution in [0.2, 0.25) is 0 Å². The first-order chi connectivity index (χ1) is 9.22. The van der Waals surface area contributed by atoms with Crippen LogP contribution in [0.1, 0.15) is 24.2 Å². The topological polar surface area (TPSA) is 78.3 Å². The fourth-order valence-electron chi connectivity index (χ4n) is 1.97. The molecule has 0 saturated heterocycles. The molecule has 6 nitrogen and oxygen atoms in total. The van der Waals surface area contributed by atoms with Crippen molar-refractivity contribution in [2.45, 2.75) is 25.9 Å². The molecule has 20 heavy (non-hydrogen) atoms. The van der Waals surface area contributed by atoms with Gasteiger partial charge in [-0.25, -0.2) is 9.59 Å². The minimum absolute atomic E-state index is 0.174. The molecule has 0 aliphatic rings. The lowest BCUT2D eigenvalue weighted by Gasteiger charge is -2.32. The van der Waals surface area contributed by atoms with E-state index in [9.17, 15) is 9.59 Å². The summed E-state index contributed by atoms with van der Waals surface area (Å²) >= 11 is 0. The van der Waals surface area contributed by atoms with Crippen molar-refractivity contribution in [2.75, 3.05) is 14.1 Å². The Bertz CT molecular complexity index is 710. The van der Waals surface area contributed by atoms with Gasteiger partial charge in [0, 0.05) is 12.1 Å². The molecule has 0 unspecified atom stereocenters. The first kappa shape index (κ1) is 14.3. The summed E-state index contributed by atoms with van der Waals surface area (Å²) in [5.74, 6) is -1.00. The third-order valence-electron chi connectivity index (χ3n) is 3.78. The number of hydrogen-bond acceptors (Lipinski definition) is 3. The molecule has 6 heteroatoms. The first-order valence-corrected chi connectivity index (χ1v) is 6.35. The van der Waals surface area contributed by atoms with Gasteiger partial charge in [-0.05, 0) is 46.1 Å². The van der Waals surface area contributed by atoms with Gasteiger partial charge in [-0.15, -0.1) is 0 Å². The van der Waals surface area contributed by atoms with Crippen molar-refractivity contribution in [1.82, 2.24) is 14.5 Å². The van der Waals surface area contributed by atoms with Crippen LogP contribution >= 0.6 is 0 Å². The molecule has 1 aromatic heterocycles. The Labute approximate surface area is 116 Å². The number of imidazole rings is 1. The van der Waals surface area contributed by atoms with Crippen molar-refractivity contribution in [3.63, 3.8) is 0 Å². The lowest BCUT2D eigenvalue weighted by atomic mass is 10.0. The molecule has 0 aliphatic carbocycles. The van der Waals surface area contributed by atoms with Gasteiger partial charge in [0.25, 0.3) is 0 Å². The van der Waals surface area contributed by atoms with Crippen LogP contribution in [0, 0.1) is 0 Å². The summed E-state index contributed by atoms with van der Waals surface area (Å²) in [5.41, 5.74) is 0.989. The highest BCUT2D eigenvalue weighted by molar-refractivity contribution is 5.92. The smallest absolute Gasteiger partial charge is 0.335 e. The van der Waals surface area contributed by atoms with Gasteiger partial charge in [-0.3, -0.25) is 4.57 Å². The maximum Gasteiger partial charge on any atom is 0.335 e. The Morgan fingerprint density at radius 3 is 2.60 bits per heavy atom. The van der Waals surface area contributed by atoms with Gasteiger partial charge in [-0.2, -0.15) is 0 Å². The van der Waals surface area contributed by atoms with Gasteiger partial charge in [0.15, 0.2) is 0 Å². The lowest BCUT2D eigenvalue weighted by molar-refractivity contribution is 0.0697. The number of H-pyrrole nitrogens is 1. The first-order valence-electron chi connectivity index (χ1n) is 6.35. The van der Waals surface area contributed by atoms with Crippen LogP contribution in [0.25, 0.3) is 11.0 Å². The normalized spacial score (nSPS) is 12.2. The van der Waals surface area contributed by atoms with E-state index in [0.717, 1.165) is 0 Å². The minimum atomic E-state index is -1.00. The molecule has 2 N–H and O–H groups in total. The SMILES string of the molecule is CN(C)C(C)(C)Cn1c(=O)[nH]c2ccc(C(=O)O)cc21. The van der Waals surface area contributed by atoms with Crippen molar-refractivity contribution in [3.8, 4) is 0 Å². The van der Waals surface area contributed by atoms with E-state index in [1.54, 1.807) is 10.6 Å². The zero-order valence-electron chi connectivity index (χ0n) is 12.1. The maximum absolute atomic E-state index is 12.1. The molecular weight excluding hydrogens is 258 g/mol. The number of carboxylic acids is 1. The summed E-state index contributed by atoms with van der Waals surface area (Å²) in [7, 11) is 3.89. The Morgan fingerprint density at radius 2 is 2.05 bits per heavy atom. The van der Waals surface area contributed by atoms with Crippen LogP contribution in [0.4, 0.5) is 0 Å². The fourth-order valence-corrected chi connectivity index (χ4v) is 1.97. The number of aromatic amines is 1. The van der Waals surface area contributed by atoms with Gasteiger partial charge in [0.2, 0.25) is 0 Å². The van der Waals surface area contributed by atoms with Crippen LogP contribution in [0.15, 0.2) is 23.0 Å². The van der Waals surface area contributed by atoms with E-state index < -0.39 is 5.97 Å². The van der Waals surface area contributed by atoms with Crippen molar-refractivity contribution in [3.05, 3.63) is 34.2 Å². The fraction of sp³-hybridized carbons (Fsp3) is 0.429. The second-order valence-electron chi connectivity index (χ2n) is 5.76. The van der Waals surface area contributed by atoms with Crippen LogP contribution < -0.4 is 5.69 Å². The number of nitrogens with zero attached hydrogens (tertiary/aromatic N) is 2. The Morgan fingerprint density at radius 1 is 1.40 bits per heavy atom. The van der Waals surface area contributed by atoms with E-state index in [0.29, 0.717) is 17.6 Å². The number of nitrogens with one attached hydrogen (secondary N) is 1. The summed E-state index contributed by atoms with van der Waals surface area (Å²) in [4.78, 5) is 27.9. The van der Waals surface area contributed by atoms with Crippen molar-refractivity contribution < 1.29 is 9.90 Å². The van der Waals surface area contributed by atoms with Gasteiger partial charge >= 0.3 is 11.7 Å². The van der Waals surface area contributed by atoms with E-state index in [1.165, 1.54) is 12.1 Å². The second-order valence-corrected chi connectivity index (χ2v) is 5.76. The maximum atomic E-state index is 12.1. The van der Waals surface area contributed by atoms with E-state index in [1.807, 2.05) is 32.8 Å². The third-order valence-corrected chi connectivity index (χ3v) is 3.78. The monoisotopic (exact) mass is 277 g/mol. The van der Waals surface area contributed by atoms with Gasteiger partial charge < -0.3 is 15.0 Å². The van der Waals surface area contributed by atoms with Gasteiger partial charge in [0.1, 0.15) is 0 Å². The number of benzene rings is 1. The molecule has 2 aromatic rings. The molecule has 2 rings (SSSR count). The minimum Gasteiger partial charge on any atom is -0.478 e.